The van der Waals surface area contributed by atoms with Crippen molar-refractivity contribution in [3.05, 3.63) is 71.5 Å². The van der Waals surface area contributed by atoms with Gasteiger partial charge in [0.15, 0.2) is 5.16 Å². The van der Waals surface area contributed by atoms with Crippen molar-refractivity contribution in [3.63, 3.8) is 0 Å². The van der Waals surface area contributed by atoms with Crippen LogP contribution in [0.1, 0.15) is 23.1 Å². The van der Waals surface area contributed by atoms with Crippen molar-refractivity contribution in [2.45, 2.75) is 31.8 Å². The van der Waals surface area contributed by atoms with Crippen LogP contribution in [0.25, 0.3) is 5.69 Å². The SMILES string of the molecule is Cc1ccc(-n2cnnc2SCCCc2ccccc2)c(C)c1. The summed E-state index contributed by atoms with van der Waals surface area (Å²) >= 11 is 1.77. The fourth-order valence-corrected chi connectivity index (χ4v) is 3.51. The topological polar surface area (TPSA) is 30.7 Å². The van der Waals surface area contributed by atoms with Crippen LogP contribution in [-0.2, 0) is 6.42 Å². The van der Waals surface area contributed by atoms with E-state index in [1.165, 1.54) is 16.7 Å². The Kier molecular flexibility index (Phi) is 5.13. The van der Waals surface area contributed by atoms with Gasteiger partial charge >= 0.3 is 0 Å². The van der Waals surface area contributed by atoms with Gasteiger partial charge in [0.05, 0.1) is 5.69 Å². The van der Waals surface area contributed by atoms with E-state index in [4.69, 9.17) is 0 Å². The van der Waals surface area contributed by atoms with Crippen molar-refractivity contribution in [2.24, 2.45) is 0 Å². The average Bonchev–Trinajstić information content (AvgIpc) is 3.01. The van der Waals surface area contributed by atoms with Crippen LogP contribution in [0.3, 0.4) is 0 Å². The normalized spacial score (nSPS) is 10.9. The fraction of sp³-hybridized carbons (Fsp3) is 0.263. The Labute approximate surface area is 141 Å². The van der Waals surface area contributed by atoms with Crippen LogP contribution in [0.15, 0.2) is 60.0 Å². The van der Waals surface area contributed by atoms with Crippen LogP contribution in [0.4, 0.5) is 0 Å². The molecule has 0 aliphatic rings. The van der Waals surface area contributed by atoms with Gasteiger partial charge in [-0.15, -0.1) is 10.2 Å². The van der Waals surface area contributed by atoms with Gasteiger partial charge in [-0.3, -0.25) is 4.57 Å². The monoisotopic (exact) mass is 323 g/mol. The second kappa shape index (κ2) is 7.47. The number of nitrogens with zero attached hydrogens (tertiary/aromatic N) is 3. The van der Waals surface area contributed by atoms with Gasteiger partial charge in [-0.25, -0.2) is 0 Å². The largest absolute Gasteiger partial charge is 0.276 e. The first kappa shape index (κ1) is 15.8. The summed E-state index contributed by atoms with van der Waals surface area (Å²) in [6.07, 6.45) is 4.04. The molecule has 23 heavy (non-hydrogen) atoms. The molecule has 0 radical (unpaired) electrons. The Balaban J connectivity index is 1.62. The minimum Gasteiger partial charge on any atom is -0.276 e. The van der Waals surface area contributed by atoms with Crippen LogP contribution >= 0.6 is 11.8 Å². The summed E-state index contributed by atoms with van der Waals surface area (Å²) in [6.45, 7) is 4.24. The third kappa shape index (κ3) is 4.02. The number of aromatic nitrogens is 3. The first-order chi connectivity index (χ1) is 11.2. The molecule has 0 saturated carbocycles. The molecule has 0 spiro atoms. The van der Waals surface area contributed by atoms with Crippen molar-refractivity contribution < 1.29 is 0 Å². The number of aryl methyl sites for hydroxylation is 3. The fourth-order valence-electron chi connectivity index (χ4n) is 2.65. The molecule has 0 fully saturated rings. The Hall–Kier alpha value is -2.07. The quantitative estimate of drug-likeness (QED) is 0.490. The molecule has 0 unspecified atom stereocenters. The maximum atomic E-state index is 4.28. The Morgan fingerprint density at radius 2 is 1.87 bits per heavy atom. The summed E-state index contributed by atoms with van der Waals surface area (Å²) in [5.74, 6) is 1.04. The summed E-state index contributed by atoms with van der Waals surface area (Å²) in [4.78, 5) is 0. The summed E-state index contributed by atoms with van der Waals surface area (Å²) in [5, 5.41) is 9.33. The smallest absolute Gasteiger partial charge is 0.195 e. The lowest BCUT2D eigenvalue weighted by atomic mass is 10.1. The zero-order valence-corrected chi connectivity index (χ0v) is 14.4. The summed E-state index contributed by atoms with van der Waals surface area (Å²) in [7, 11) is 0. The van der Waals surface area contributed by atoms with Crippen LogP contribution < -0.4 is 0 Å². The molecule has 1 heterocycles. The molecule has 3 aromatic rings. The number of hydrogen-bond donors (Lipinski definition) is 0. The van der Waals surface area contributed by atoms with Crippen molar-refractivity contribution in [1.29, 1.82) is 0 Å². The zero-order valence-electron chi connectivity index (χ0n) is 13.6. The van der Waals surface area contributed by atoms with E-state index in [9.17, 15) is 0 Å². The Morgan fingerprint density at radius 3 is 2.65 bits per heavy atom. The molecular weight excluding hydrogens is 302 g/mol. The molecule has 3 nitrogen and oxygen atoms in total. The summed E-state index contributed by atoms with van der Waals surface area (Å²) in [6, 6.07) is 17.1. The van der Waals surface area contributed by atoms with Gasteiger partial charge in [0, 0.05) is 5.75 Å². The van der Waals surface area contributed by atoms with Gasteiger partial charge in [-0.1, -0.05) is 59.8 Å². The van der Waals surface area contributed by atoms with Crippen LogP contribution in [0, 0.1) is 13.8 Å². The molecule has 0 N–H and O–H groups in total. The predicted octanol–water partition coefficient (Wildman–Crippen LogP) is 4.61. The highest BCUT2D eigenvalue weighted by Gasteiger charge is 2.09. The highest BCUT2D eigenvalue weighted by Crippen LogP contribution is 2.23. The van der Waals surface area contributed by atoms with Crippen LogP contribution in [0.2, 0.25) is 0 Å². The summed E-state index contributed by atoms with van der Waals surface area (Å²) in [5.41, 5.74) is 5.07. The predicted molar refractivity (Wildman–Crippen MR) is 96.3 cm³/mol. The van der Waals surface area contributed by atoms with Gasteiger partial charge in [0.2, 0.25) is 0 Å². The third-order valence-corrected chi connectivity index (χ3v) is 4.84. The molecule has 118 valence electrons. The average molecular weight is 323 g/mol. The van der Waals surface area contributed by atoms with E-state index in [1.807, 2.05) is 0 Å². The molecule has 0 aliphatic heterocycles. The molecule has 0 amide bonds. The van der Waals surface area contributed by atoms with Crippen molar-refractivity contribution in [1.82, 2.24) is 14.8 Å². The molecule has 0 bridgehead atoms. The van der Waals surface area contributed by atoms with Gasteiger partial charge < -0.3 is 0 Å². The molecule has 0 saturated heterocycles. The van der Waals surface area contributed by atoms with E-state index in [-0.39, 0.29) is 0 Å². The van der Waals surface area contributed by atoms with E-state index >= 15 is 0 Å². The highest BCUT2D eigenvalue weighted by atomic mass is 32.2. The van der Waals surface area contributed by atoms with Gasteiger partial charge in [-0.05, 0) is 43.9 Å². The second-order valence-electron chi connectivity index (χ2n) is 5.71. The molecule has 2 aromatic carbocycles. The molecule has 0 atom stereocenters. The maximum Gasteiger partial charge on any atom is 0.195 e. The molecule has 1 aromatic heterocycles. The standard InChI is InChI=1S/C19H21N3S/c1-15-10-11-18(16(2)13-15)22-14-20-21-19(22)23-12-6-9-17-7-4-3-5-8-17/h3-5,7-8,10-11,13-14H,6,9,12H2,1-2H3. The lowest BCUT2D eigenvalue weighted by molar-refractivity contribution is 0.868. The molecule has 4 heteroatoms. The minimum absolute atomic E-state index is 0.963. The van der Waals surface area contributed by atoms with Crippen molar-refractivity contribution in [2.75, 3.05) is 5.75 Å². The number of hydrogen-bond acceptors (Lipinski definition) is 3. The Morgan fingerprint density at radius 1 is 1.04 bits per heavy atom. The zero-order chi connectivity index (χ0) is 16.1. The van der Waals surface area contributed by atoms with Gasteiger partial charge in [0.25, 0.3) is 0 Å². The van der Waals surface area contributed by atoms with Gasteiger partial charge in [0.1, 0.15) is 6.33 Å². The number of benzene rings is 2. The molecule has 3 rings (SSSR count). The molecule has 0 aliphatic carbocycles. The lowest BCUT2D eigenvalue weighted by Gasteiger charge is -2.10. The van der Waals surface area contributed by atoms with E-state index in [0.717, 1.165) is 29.4 Å². The lowest BCUT2D eigenvalue weighted by Crippen LogP contribution is -1.99. The van der Waals surface area contributed by atoms with Crippen LogP contribution in [-0.4, -0.2) is 20.5 Å². The van der Waals surface area contributed by atoms with Crippen molar-refractivity contribution in [3.8, 4) is 5.69 Å². The number of rotatable bonds is 6. The Bertz CT molecular complexity index is 765. The van der Waals surface area contributed by atoms with E-state index < -0.39 is 0 Å². The van der Waals surface area contributed by atoms with E-state index in [2.05, 4.69) is 77.1 Å². The minimum atomic E-state index is 0.963. The number of thioether (sulfide) groups is 1. The third-order valence-electron chi connectivity index (χ3n) is 3.81. The van der Waals surface area contributed by atoms with E-state index in [1.54, 1.807) is 18.1 Å². The first-order valence-electron chi connectivity index (χ1n) is 7.88. The van der Waals surface area contributed by atoms with Crippen LogP contribution in [0.5, 0.6) is 0 Å². The maximum absolute atomic E-state index is 4.28. The highest BCUT2D eigenvalue weighted by molar-refractivity contribution is 7.99. The van der Waals surface area contributed by atoms with Crippen molar-refractivity contribution >= 4 is 11.8 Å². The molecular formula is C19H21N3S. The first-order valence-corrected chi connectivity index (χ1v) is 8.87. The second-order valence-corrected chi connectivity index (χ2v) is 6.77. The van der Waals surface area contributed by atoms with E-state index in [0.29, 0.717) is 0 Å². The summed E-state index contributed by atoms with van der Waals surface area (Å²) < 4.78 is 2.09. The van der Waals surface area contributed by atoms with Gasteiger partial charge in [-0.2, -0.15) is 0 Å².